The highest BCUT2D eigenvalue weighted by Gasteiger charge is 2.20. The fraction of sp³-hybridized carbons (Fsp3) is 0.385. The molecule has 1 heterocycles. The zero-order chi connectivity index (χ0) is 12.3. The molecule has 2 rings (SSSR count). The Labute approximate surface area is 100 Å². The average Bonchev–Trinajstić information content (AvgIpc) is 2.83. The molecule has 92 valence electrons. The van der Waals surface area contributed by atoms with Crippen LogP contribution in [0.1, 0.15) is 12.5 Å². The van der Waals surface area contributed by atoms with E-state index in [-0.39, 0.29) is 13.2 Å². The van der Waals surface area contributed by atoms with Gasteiger partial charge in [0, 0.05) is 18.3 Å². The Hall–Kier alpha value is -1.36. The maximum absolute atomic E-state index is 9.17. The summed E-state index contributed by atoms with van der Waals surface area (Å²) in [6.07, 6.45) is 1.91. The first kappa shape index (κ1) is 12.1. The van der Waals surface area contributed by atoms with Gasteiger partial charge in [-0.2, -0.15) is 0 Å². The van der Waals surface area contributed by atoms with Crippen molar-refractivity contribution >= 4 is 10.9 Å². The summed E-state index contributed by atoms with van der Waals surface area (Å²) < 4.78 is 0. The standard InChI is InChI=1S/C13H18N2O2/c1-13(8-16,9-17)15-7-10-2-3-11-4-5-14-12(11)6-10/h2-6,14-17H,7-9H2,1H3. The highest BCUT2D eigenvalue weighted by Crippen LogP contribution is 2.14. The number of benzene rings is 1. The quantitative estimate of drug-likeness (QED) is 0.624. The molecule has 0 saturated carbocycles. The highest BCUT2D eigenvalue weighted by molar-refractivity contribution is 5.79. The zero-order valence-electron chi connectivity index (χ0n) is 9.90. The van der Waals surface area contributed by atoms with Crippen LogP contribution < -0.4 is 5.32 Å². The first-order valence-electron chi connectivity index (χ1n) is 5.70. The van der Waals surface area contributed by atoms with Gasteiger partial charge in [0.05, 0.1) is 18.8 Å². The van der Waals surface area contributed by atoms with Crippen LogP contribution in [0.15, 0.2) is 30.5 Å². The lowest BCUT2D eigenvalue weighted by Gasteiger charge is -2.26. The summed E-state index contributed by atoms with van der Waals surface area (Å²) in [5.41, 5.74) is 1.58. The molecule has 0 unspecified atom stereocenters. The Morgan fingerprint density at radius 3 is 2.71 bits per heavy atom. The fourth-order valence-corrected chi connectivity index (χ4v) is 1.68. The molecular formula is C13H18N2O2. The molecule has 0 saturated heterocycles. The van der Waals surface area contributed by atoms with Gasteiger partial charge >= 0.3 is 0 Å². The maximum Gasteiger partial charge on any atom is 0.0633 e. The summed E-state index contributed by atoms with van der Waals surface area (Å²) in [6, 6.07) is 8.19. The van der Waals surface area contributed by atoms with Crippen molar-refractivity contribution in [1.29, 1.82) is 0 Å². The van der Waals surface area contributed by atoms with E-state index in [1.807, 2.05) is 18.3 Å². The third-order valence-electron chi connectivity index (χ3n) is 3.04. The second-order valence-electron chi connectivity index (χ2n) is 4.63. The predicted octanol–water partition coefficient (Wildman–Crippen LogP) is 1.00. The normalized spacial score (nSPS) is 12.2. The molecule has 0 amide bonds. The SMILES string of the molecule is CC(CO)(CO)NCc1ccc2cc[nH]c2c1. The van der Waals surface area contributed by atoms with E-state index in [4.69, 9.17) is 0 Å². The van der Waals surface area contributed by atoms with Crippen molar-refractivity contribution in [2.75, 3.05) is 13.2 Å². The molecule has 0 spiro atoms. The number of nitrogens with one attached hydrogen (secondary N) is 2. The van der Waals surface area contributed by atoms with E-state index in [0.717, 1.165) is 11.1 Å². The molecule has 0 bridgehead atoms. The molecule has 4 nitrogen and oxygen atoms in total. The molecule has 2 aromatic rings. The van der Waals surface area contributed by atoms with Gasteiger partial charge in [-0.05, 0) is 30.0 Å². The highest BCUT2D eigenvalue weighted by atomic mass is 16.3. The smallest absolute Gasteiger partial charge is 0.0633 e. The van der Waals surface area contributed by atoms with Gasteiger partial charge in [-0.3, -0.25) is 0 Å². The Kier molecular flexibility index (Phi) is 3.47. The molecule has 1 aromatic carbocycles. The summed E-state index contributed by atoms with van der Waals surface area (Å²) in [5.74, 6) is 0. The van der Waals surface area contributed by atoms with E-state index >= 15 is 0 Å². The van der Waals surface area contributed by atoms with Gasteiger partial charge in [0.25, 0.3) is 0 Å². The number of hydrogen-bond donors (Lipinski definition) is 4. The molecule has 0 aliphatic carbocycles. The molecule has 17 heavy (non-hydrogen) atoms. The summed E-state index contributed by atoms with van der Waals surface area (Å²) in [4.78, 5) is 3.16. The Balaban J connectivity index is 2.08. The molecule has 0 radical (unpaired) electrons. The van der Waals surface area contributed by atoms with Crippen LogP contribution in [0.2, 0.25) is 0 Å². The van der Waals surface area contributed by atoms with Crippen molar-refractivity contribution < 1.29 is 10.2 Å². The molecule has 0 aliphatic rings. The number of hydrogen-bond acceptors (Lipinski definition) is 3. The number of aromatic amines is 1. The summed E-state index contributed by atoms with van der Waals surface area (Å²) in [5, 5.41) is 22.7. The van der Waals surface area contributed by atoms with Crippen LogP contribution in [-0.4, -0.2) is 33.9 Å². The van der Waals surface area contributed by atoms with Gasteiger partial charge in [-0.15, -0.1) is 0 Å². The van der Waals surface area contributed by atoms with Crippen LogP contribution in [0.5, 0.6) is 0 Å². The minimum absolute atomic E-state index is 0.0890. The first-order valence-corrected chi connectivity index (χ1v) is 5.70. The topological polar surface area (TPSA) is 68.3 Å². The Bertz CT molecular complexity index is 489. The zero-order valence-corrected chi connectivity index (χ0v) is 9.90. The van der Waals surface area contributed by atoms with Crippen LogP contribution in [0.3, 0.4) is 0 Å². The second kappa shape index (κ2) is 4.87. The molecule has 1 aromatic heterocycles. The van der Waals surface area contributed by atoms with E-state index in [0.29, 0.717) is 6.54 Å². The summed E-state index contributed by atoms with van der Waals surface area (Å²) in [6.45, 7) is 2.23. The Morgan fingerprint density at radius 2 is 2.00 bits per heavy atom. The Morgan fingerprint density at radius 1 is 1.24 bits per heavy atom. The number of aliphatic hydroxyl groups is 2. The molecule has 4 N–H and O–H groups in total. The number of H-pyrrole nitrogens is 1. The van der Waals surface area contributed by atoms with Crippen LogP contribution >= 0.6 is 0 Å². The van der Waals surface area contributed by atoms with Crippen LogP contribution in [0, 0.1) is 0 Å². The van der Waals surface area contributed by atoms with Gasteiger partial charge in [0.15, 0.2) is 0 Å². The molecule has 4 heteroatoms. The third-order valence-corrected chi connectivity index (χ3v) is 3.04. The lowest BCUT2D eigenvalue weighted by molar-refractivity contribution is 0.103. The molecule has 0 aliphatic heterocycles. The number of aromatic nitrogens is 1. The van der Waals surface area contributed by atoms with Crippen molar-refractivity contribution in [3.63, 3.8) is 0 Å². The van der Waals surface area contributed by atoms with Crippen molar-refractivity contribution in [3.8, 4) is 0 Å². The summed E-state index contributed by atoms with van der Waals surface area (Å²) >= 11 is 0. The first-order chi connectivity index (χ1) is 8.17. The van der Waals surface area contributed by atoms with E-state index in [1.165, 1.54) is 5.39 Å². The van der Waals surface area contributed by atoms with Gasteiger partial charge in [-0.25, -0.2) is 0 Å². The molecule has 0 atom stereocenters. The number of rotatable bonds is 5. The average molecular weight is 234 g/mol. The summed E-state index contributed by atoms with van der Waals surface area (Å²) in [7, 11) is 0. The fourth-order valence-electron chi connectivity index (χ4n) is 1.68. The van der Waals surface area contributed by atoms with Gasteiger partial charge < -0.3 is 20.5 Å². The van der Waals surface area contributed by atoms with E-state index in [2.05, 4.69) is 22.4 Å². The van der Waals surface area contributed by atoms with E-state index in [9.17, 15) is 10.2 Å². The second-order valence-corrected chi connectivity index (χ2v) is 4.63. The van der Waals surface area contributed by atoms with Crippen molar-refractivity contribution in [2.24, 2.45) is 0 Å². The minimum atomic E-state index is -0.634. The maximum atomic E-state index is 9.17. The molecule has 0 fully saturated rings. The largest absolute Gasteiger partial charge is 0.394 e. The van der Waals surface area contributed by atoms with Gasteiger partial charge in [0.1, 0.15) is 0 Å². The van der Waals surface area contributed by atoms with Crippen molar-refractivity contribution in [3.05, 3.63) is 36.0 Å². The lowest BCUT2D eigenvalue weighted by Crippen LogP contribution is -2.48. The predicted molar refractivity (Wildman–Crippen MR) is 67.7 cm³/mol. The number of fused-ring (bicyclic) bond motifs is 1. The van der Waals surface area contributed by atoms with Crippen LogP contribution in [0.4, 0.5) is 0 Å². The molecular weight excluding hydrogens is 216 g/mol. The van der Waals surface area contributed by atoms with Crippen LogP contribution in [-0.2, 0) is 6.54 Å². The van der Waals surface area contributed by atoms with Crippen molar-refractivity contribution in [1.82, 2.24) is 10.3 Å². The third kappa shape index (κ3) is 2.66. The number of aliphatic hydroxyl groups excluding tert-OH is 2. The van der Waals surface area contributed by atoms with Gasteiger partial charge in [0.2, 0.25) is 0 Å². The minimum Gasteiger partial charge on any atom is -0.394 e. The van der Waals surface area contributed by atoms with Crippen LogP contribution in [0.25, 0.3) is 10.9 Å². The van der Waals surface area contributed by atoms with E-state index in [1.54, 1.807) is 6.92 Å². The monoisotopic (exact) mass is 234 g/mol. The van der Waals surface area contributed by atoms with Gasteiger partial charge in [-0.1, -0.05) is 12.1 Å². The van der Waals surface area contributed by atoms with E-state index < -0.39 is 5.54 Å². The van der Waals surface area contributed by atoms with Crippen molar-refractivity contribution in [2.45, 2.75) is 19.0 Å². The lowest BCUT2D eigenvalue weighted by atomic mass is 10.0.